The maximum atomic E-state index is 2.36. The summed E-state index contributed by atoms with van der Waals surface area (Å²) in [6, 6.07) is 11.1. The molecule has 0 aliphatic heterocycles. The minimum Gasteiger partial charge on any atom is -0.347 e. The van der Waals surface area contributed by atoms with Gasteiger partial charge in [-0.15, -0.1) is 0 Å². The molecule has 1 nitrogen and oxygen atoms in total. The number of benzene rings is 2. The molecule has 0 saturated heterocycles. The smallest absolute Gasteiger partial charge is 0.0488 e. The molecule has 0 heterocycles. The molecule has 0 fully saturated rings. The fourth-order valence-corrected chi connectivity index (χ4v) is 3.78. The first-order chi connectivity index (χ1) is 12.8. The lowest BCUT2D eigenvalue weighted by Gasteiger charge is -2.26. The fraction of sp³-hybridized carbons (Fsp3) is 0.200. The molecule has 0 unspecified atom stereocenters. The van der Waals surface area contributed by atoms with Gasteiger partial charge in [0.05, 0.1) is 0 Å². The van der Waals surface area contributed by atoms with E-state index in [4.69, 9.17) is 0 Å². The zero-order valence-corrected chi connectivity index (χ0v) is 15.4. The Balaban J connectivity index is 1.86. The van der Waals surface area contributed by atoms with Crippen molar-refractivity contribution in [2.45, 2.75) is 25.7 Å². The predicted molar refractivity (Wildman–Crippen MR) is 114 cm³/mol. The molecule has 2 aromatic carbocycles. The summed E-state index contributed by atoms with van der Waals surface area (Å²) in [6.45, 7) is 0. The molecule has 0 aromatic heterocycles. The summed E-state index contributed by atoms with van der Waals surface area (Å²) >= 11 is 0. The zero-order chi connectivity index (χ0) is 17.8. The first-order valence-corrected chi connectivity index (χ1v) is 9.47. The minimum atomic E-state index is 0.963. The Kier molecular flexibility index (Phi) is 4.88. The number of hydrogen-bond acceptors (Lipinski definition) is 1. The van der Waals surface area contributed by atoms with Gasteiger partial charge in [0.25, 0.3) is 0 Å². The Labute approximate surface area is 156 Å². The Hall–Kier alpha value is -2.80. The highest BCUT2D eigenvalue weighted by Gasteiger charge is 2.16. The summed E-state index contributed by atoms with van der Waals surface area (Å²) in [4.78, 5) is 2.36. The molecule has 130 valence electrons. The number of allylic oxidation sites excluding steroid dienone is 8. The third-order valence-corrected chi connectivity index (χ3v) is 5.22. The molecule has 0 bridgehead atoms. The summed E-state index contributed by atoms with van der Waals surface area (Å²) in [7, 11) is 2.20. The SMILES string of the molecule is CN(/C1=C/C=CCCC=CC1)c1cc2ccccc2c2c1C=CC=CC2. The van der Waals surface area contributed by atoms with Crippen LogP contribution >= 0.6 is 0 Å². The number of nitrogens with zero attached hydrogens (tertiary/aromatic N) is 1. The van der Waals surface area contributed by atoms with Gasteiger partial charge in [0, 0.05) is 30.4 Å². The molecule has 0 saturated carbocycles. The zero-order valence-electron chi connectivity index (χ0n) is 15.4. The van der Waals surface area contributed by atoms with Crippen LogP contribution in [-0.2, 0) is 6.42 Å². The Morgan fingerprint density at radius 3 is 2.69 bits per heavy atom. The van der Waals surface area contributed by atoms with Crippen LogP contribution in [0.25, 0.3) is 16.8 Å². The summed E-state index contributed by atoms with van der Waals surface area (Å²) in [5.41, 5.74) is 5.36. The quantitative estimate of drug-likeness (QED) is 0.558. The molecule has 0 spiro atoms. The molecule has 2 aliphatic carbocycles. The van der Waals surface area contributed by atoms with Crippen molar-refractivity contribution in [2.24, 2.45) is 0 Å². The number of anilines is 1. The van der Waals surface area contributed by atoms with Crippen LogP contribution in [0.2, 0.25) is 0 Å². The average molecular weight is 339 g/mol. The van der Waals surface area contributed by atoms with Crippen molar-refractivity contribution in [1.82, 2.24) is 0 Å². The van der Waals surface area contributed by atoms with Gasteiger partial charge in [0.15, 0.2) is 0 Å². The molecular weight excluding hydrogens is 314 g/mol. The van der Waals surface area contributed by atoms with Crippen molar-refractivity contribution in [3.63, 3.8) is 0 Å². The average Bonchev–Trinajstić information content (AvgIpc) is 2.83. The van der Waals surface area contributed by atoms with Gasteiger partial charge in [-0.3, -0.25) is 0 Å². The molecule has 1 heteroatoms. The lowest BCUT2D eigenvalue weighted by atomic mass is 9.94. The second-order valence-electron chi connectivity index (χ2n) is 6.90. The van der Waals surface area contributed by atoms with E-state index in [1.165, 1.54) is 33.3 Å². The second kappa shape index (κ2) is 7.61. The molecule has 2 aromatic rings. The molecular formula is C25H25N. The van der Waals surface area contributed by atoms with Gasteiger partial charge in [-0.1, -0.05) is 72.9 Å². The first kappa shape index (κ1) is 16.7. The van der Waals surface area contributed by atoms with Crippen molar-refractivity contribution in [1.29, 1.82) is 0 Å². The van der Waals surface area contributed by atoms with Crippen LogP contribution in [0.4, 0.5) is 5.69 Å². The van der Waals surface area contributed by atoms with Gasteiger partial charge in [-0.25, -0.2) is 0 Å². The normalized spacial score (nSPS) is 18.4. The Morgan fingerprint density at radius 2 is 1.73 bits per heavy atom. The van der Waals surface area contributed by atoms with Crippen LogP contribution < -0.4 is 4.90 Å². The number of fused-ring (bicyclic) bond motifs is 3. The predicted octanol–water partition coefficient (Wildman–Crippen LogP) is 6.58. The molecule has 4 rings (SSSR count). The molecule has 0 N–H and O–H groups in total. The lowest BCUT2D eigenvalue weighted by Crippen LogP contribution is -2.18. The molecule has 26 heavy (non-hydrogen) atoms. The van der Waals surface area contributed by atoms with Crippen LogP contribution in [0.3, 0.4) is 0 Å². The van der Waals surface area contributed by atoms with Crippen molar-refractivity contribution >= 4 is 22.5 Å². The van der Waals surface area contributed by atoms with Crippen molar-refractivity contribution in [2.75, 3.05) is 11.9 Å². The van der Waals surface area contributed by atoms with Crippen LogP contribution in [-0.4, -0.2) is 7.05 Å². The van der Waals surface area contributed by atoms with Crippen molar-refractivity contribution in [3.05, 3.63) is 95.8 Å². The molecule has 0 radical (unpaired) electrons. The lowest BCUT2D eigenvalue weighted by molar-refractivity contribution is 1.01. The Bertz CT molecular complexity index is 954. The monoisotopic (exact) mass is 339 g/mol. The third-order valence-electron chi connectivity index (χ3n) is 5.22. The van der Waals surface area contributed by atoms with Crippen LogP contribution in [0.1, 0.15) is 30.4 Å². The topological polar surface area (TPSA) is 3.24 Å². The van der Waals surface area contributed by atoms with E-state index < -0.39 is 0 Å². The van der Waals surface area contributed by atoms with E-state index in [0.29, 0.717) is 0 Å². The van der Waals surface area contributed by atoms with E-state index in [1.807, 2.05) is 0 Å². The maximum absolute atomic E-state index is 2.36. The number of rotatable bonds is 2. The van der Waals surface area contributed by atoms with E-state index in [1.54, 1.807) is 0 Å². The largest absolute Gasteiger partial charge is 0.347 e. The van der Waals surface area contributed by atoms with Crippen molar-refractivity contribution < 1.29 is 0 Å². The summed E-state index contributed by atoms with van der Waals surface area (Å²) < 4.78 is 0. The van der Waals surface area contributed by atoms with E-state index in [0.717, 1.165) is 25.7 Å². The van der Waals surface area contributed by atoms with Crippen molar-refractivity contribution in [3.8, 4) is 0 Å². The van der Waals surface area contributed by atoms with Gasteiger partial charge >= 0.3 is 0 Å². The first-order valence-electron chi connectivity index (χ1n) is 9.47. The second-order valence-corrected chi connectivity index (χ2v) is 6.90. The van der Waals surface area contributed by atoms with Gasteiger partial charge in [-0.05, 0) is 47.7 Å². The van der Waals surface area contributed by atoms with Crippen LogP contribution in [0, 0.1) is 0 Å². The highest BCUT2D eigenvalue weighted by atomic mass is 15.1. The minimum absolute atomic E-state index is 0.963. The highest BCUT2D eigenvalue weighted by Crippen LogP contribution is 2.36. The van der Waals surface area contributed by atoms with Crippen LogP contribution in [0.5, 0.6) is 0 Å². The van der Waals surface area contributed by atoms with Gasteiger partial charge < -0.3 is 4.90 Å². The number of hydrogen-bond donors (Lipinski definition) is 0. The van der Waals surface area contributed by atoms with E-state index >= 15 is 0 Å². The standard InChI is InChI=1S/C25H25N/c1-26(21-14-7-4-2-3-5-8-15-21)25-19-20-13-11-12-16-22(20)23-17-9-6-10-18-24(23)25/h4-14,16,18-19H,2-3,15,17H2,1H3/b7-4?,8-5?,21-14+. The van der Waals surface area contributed by atoms with E-state index in [-0.39, 0.29) is 0 Å². The fourth-order valence-electron chi connectivity index (χ4n) is 3.78. The van der Waals surface area contributed by atoms with E-state index in [9.17, 15) is 0 Å². The third kappa shape index (κ3) is 3.30. The van der Waals surface area contributed by atoms with E-state index in [2.05, 4.69) is 97.0 Å². The van der Waals surface area contributed by atoms with Crippen LogP contribution in [0.15, 0.2) is 84.6 Å². The van der Waals surface area contributed by atoms with Gasteiger partial charge in [-0.2, -0.15) is 0 Å². The summed E-state index contributed by atoms with van der Waals surface area (Å²) in [5.74, 6) is 0. The van der Waals surface area contributed by atoms with Gasteiger partial charge in [0.2, 0.25) is 0 Å². The molecule has 0 amide bonds. The maximum Gasteiger partial charge on any atom is 0.0488 e. The summed E-state index contributed by atoms with van der Waals surface area (Å²) in [5, 5.41) is 2.67. The van der Waals surface area contributed by atoms with Gasteiger partial charge in [0.1, 0.15) is 0 Å². The Morgan fingerprint density at radius 1 is 0.846 bits per heavy atom. The summed E-state index contributed by atoms with van der Waals surface area (Å²) in [6.07, 6.45) is 24.3. The highest BCUT2D eigenvalue weighted by molar-refractivity contribution is 5.95. The molecule has 0 atom stereocenters. The molecule has 2 aliphatic rings.